The number of hydrogen-bond acceptors (Lipinski definition) is 2. The molecule has 0 bridgehead atoms. The number of hydrogen-bond donors (Lipinski definition) is 0. The molecule has 0 atom stereocenters. The molecule has 0 aliphatic rings. The summed E-state index contributed by atoms with van der Waals surface area (Å²) in [6.07, 6.45) is 0. The number of non-ortho nitro benzene ring substituents is 1. The summed E-state index contributed by atoms with van der Waals surface area (Å²) in [6.45, 7) is 4.18. The Labute approximate surface area is 149 Å². The number of rotatable bonds is 4. The Morgan fingerprint density at radius 3 is 1.33 bits per heavy atom. The number of benzene rings is 3. The molecule has 3 aromatic rings. The molecule has 0 amide bonds. The Hall–Kier alpha value is -2.06. The maximum absolute atomic E-state index is 10.9. The zero-order chi connectivity index (χ0) is 17.1. The molecular formula is C20H18BiNO2. The first-order valence-electron chi connectivity index (χ1n) is 7.72. The van der Waals surface area contributed by atoms with Gasteiger partial charge >= 0.3 is 150 Å². The third-order valence-corrected chi connectivity index (χ3v) is 13.4. The fraction of sp³-hybridized carbons (Fsp3) is 0.100. The van der Waals surface area contributed by atoms with Crippen molar-refractivity contribution in [3.8, 4) is 0 Å². The number of aryl methyl sites for hydroxylation is 2. The van der Waals surface area contributed by atoms with E-state index < -0.39 is 21.8 Å². The van der Waals surface area contributed by atoms with Gasteiger partial charge in [0.15, 0.2) is 0 Å². The van der Waals surface area contributed by atoms with Gasteiger partial charge in [-0.3, -0.25) is 0 Å². The molecule has 0 heterocycles. The molecule has 0 unspecified atom stereocenters. The number of nitro groups is 1. The number of nitrogens with zero attached hydrogens (tertiary/aromatic N) is 1. The molecule has 0 N–H and O–H groups in total. The Morgan fingerprint density at radius 2 is 1.00 bits per heavy atom. The third-order valence-electron chi connectivity index (χ3n) is 3.90. The van der Waals surface area contributed by atoms with Crippen LogP contribution in [0.15, 0.2) is 72.8 Å². The van der Waals surface area contributed by atoms with E-state index in [1.807, 2.05) is 12.1 Å². The van der Waals surface area contributed by atoms with Crippen LogP contribution < -0.4 is 9.81 Å². The van der Waals surface area contributed by atoms with Gasteiger partial charge < -0.3 is 0 Å². The van der Waals surface area contributed by atoms with E-state index in [-0.39, 0.29) is 10.6 Å². The van der Waals surface area contributed by atoms with Crippen LogP contribution in [0.5, 0.6) is 0 Å². The van der Waals surface area contributed by atoms with Gasteiger partial charge in [-0.15, -0.1) is 0 Å². The molecule has 3 rings (SSSR count). The monoisotopic (exact) mass is 513 g/mol. The topological polar surface area (TPSA) is 43.1 Å². The molecule has 0 spiro atoms. The van der Waals surface area contributed by atoms with Crippen molar-refractivity contribution in [2.24, 2.45) is 0 Å². The van der Waals surface area contributed by atoms with Crippen molar-refractivity contribution < 1.29 is 4.92 Å². The van der Waals surface area contributed by atoms with Gasteiger partial charge in [-0.2, -0.15) is 0 Å². The SMILES string of the molecule is Cc1cc[c]([Bi]([c]2ccc(C)cc2)[c]2ccc([N+](=O)[O-])cc2)cc1. The molecule has 0 saturated carbocycles. The van der Waals surface area contributed by atoms with Crippen LogP contribution in [0.1, 0.15) is 11.1 Å². The van der Waals surface area contributed by atoms with E-state index in [9.17, 15) is 10.1 Å². The third kappa shape index (κ3) is 3.71. The minimum absolute atomic E-state index is 0.149. The summed E-state index contributed by atoms with van der Waals surface area (Å²) in [6, 6.07) is 24.6. The Bertz CT molecular complexity index is 795. The Kier molecular flexibility index (Phi) is 5.06. The van der Waals surface area contributed by atoms with Crippen LogP contribution in [-0.2, 0) is 0 Å². The van der Waals surface area contributed by atoms with Gasteiger partial charge in [0.25, 0.3) is 0 Å². The van der Waals surface area contributed by atoms with Gasteiger partial charge in [0.05, 0.1) is 0 Å². The van der Waals surface area contributed by atoms with E-state index in [1.54, 1.807) is 12.1 Å². The fourth-order valence-electron chi connectivity index (χ4n) is 2.56. The maximum atomic E-state index is 10.9. The average molecular weight is 513 g/mol. The van der Waals surface area contributed by atoms with Crippen LogP contribution in [0, 0.1) is 24.0 Å². The number of nitro benzene ring substituents is 1. The summed E-state index contributed by atoms with van der Waals surface area (Å²) < 4.78 is 4.02. The molecule has 0 aliphatic heterocycles. The predicted octanol–water partition coefficient (Wildman–Crippen LogP) is 2.73. The zero-order valence-electron chi connectivity index (χ0n) is 13.6. The van der Waals surface area contributed by atoms with Crippen molar-refractivity contribution in [3.63, 3.8) is 0 Å². The minimum atomic E-state index is -2.41. The summed E-state index contributed by atoms with van der Waals surface area (Å²) in [7, 11) is 0. The van der Waals surface area contributed by atoms with E-state index in [1.165, 1.54) is 20.9 Å². The van der Waals surface area contributed by atoms with Crippen LogP contribution in [0.4, 0.5) is 5.69 Å². The molecule has 0 aliphatic carbocycles. The van der Waals surface area contributed by atoms with E-state index in [0.29, 0.717) is 0 Å². The van der Waals surface area contributed by atoms with Crippen LogP contribution in [-0.4, -0.2) is 26.7 Å². The Morgan fingerprint density at radius 1 is 0.667 bits per heavy atom. The van der Waals surface area contributed by atoms with Crippen molar-refractivity contribution in [1.82, 2.24) is 0 Å². The normalized spacial score (nSPS) is 10.8. The average Bonchev–Trinajstić information content (AvgIpc) is 2.59. The van der Waals surface area contributed by atoms with Crippen LogP contribution >= 0.6 is 0 Å². The summed E-state index contributed by atoms with van der Waals surface area (Å²) >= 11 is -2.41. The second-order valence-corrected chi connectivity index (χ2v) is 14.4. The van der Waals surface area contributed by atoms with Gasteiger partial charge in [-0.25, -0.2) is 0 Å². The Balaban J connectivity index is 2.08. The molecule has 0 radical (unpaired) electrons. The molecule has 0 aromatic heterocycles. The first kappa shape index (κ1) is 16.8. The molecule has 120 valence electrons. The fourth-order valence-corrected chi connectivity index (χ4v) is 11.3. The second kappa shape index (κ2) is 7.23. The molecule has 3 nitrogen and oxygen atoms in total. The molecule has 24 heavy (non-hydrogen) atoms. The van der Waals surface area contributed by atoms with E-state index in [4.69, 9.17) is 0 Å². The van der Waals surface area contributed by atoms with Crippen LogP contribution in [0.3, 0.4) is 0 Å². The van der Waals surface area contributed by atoms with Crippen LogP contribution in [0.2, 0.25) is 0 Å². The molecule has 0 fully saturated rings. The quantitative estimate of drug-likeness (QED) is 0.306. The summed E-state index contributed by atoms with van der Waals surface area (Å²) in [5.41, 5.74) is 2.64. The molecule has 0 saturated heterocycles. The zero-order valence-corrected chi connectivity index (χ0v) is 17.1. The van der Waals surface area contributed by atoms with E-state index in [0.717, 1.165) is 0 Å². The molecule has 4 heteroatoms. The summed E-state index contributed by atoms with van der Waals surface area (Å²) in [4.78, 5) is 10.6. The van der Waals surface area contributed by atoms with Gasteiger partial charge in [0.2, 0.25) is 0 Å². The molecular weight excluding hydrogens is 495 g/mol. The summed E-state index contributed by atoms with van der Waals surface area (Å²) in [5.74, 6) is 0. The van der Waals surface area contributed by atoms with E-state index in [2.05, 4.69) is 62.4 Å². The van der Waals surface area contributed by atoms with Crippen molar-refractivity contribution in [2.75, 3.05) is 0 Å². The van der Waals surface area contributed by atoms with Crippen molar-refractivity contribution >= 4 is 37.3 Å². The first-order valence-corrected chi connectivity index (χ1v) is 12.9. The van der Waals surface area contributed by atoms with Crippen molar-refractivity contribution in [2.45, 2.75) is 13.8 Å². The van der Waals surface area contributed by atoms with Crippen LogP contribution in [0.25, 0.3) is 0 Å². The standard InChI is InChI=1S/2C7H7.C6H4NO2.Bi/c2*1-7-5-3-2-4-6-7;8-7(9)6-4-2-1-3-5-6;/h2*3-6H,1H3;2-5H;. The molecule has 3 aromatic carbocycles. The van der Waals surface area contributed by atoms with Crippen molar-refractivity contribution in [3.05, 3.63) is 94.0 Å². The second-order valence-electron chi connectivity index (χ2n) is 5.78. The van der Waals surface area contributed by atoms with Gasteiger partial charge in [-0.1, -0.05) is 0 Å². The van der Waals surface area contributed by atoms with Gasteiger partial charge in [-0.05, 0) is 0 Å². The van der Waals surface area contributed by atoms with E-state index >= 15 is 0 Å². The first-order chi connectivity index (χ1) is 11.5. The van der Waals surface area contributed by atoms with Crippen molar-refractivity contribution in [1.29, 1.82) is 0 Å². The van der Waals surface area contributed by atoms with Gasteiger partial charge in [0, 0.05) is 0 Å². The van der Waals surface area contributed by atoms with Gasteiger partial charge in [0.1, 0.15) is 0 Å². The predicted molar refractivity (Wildman–Crippen MR) is 100 cm³/mol. The summed E-state index contributed by atoms with van der Waals surface area (Å²) in [5, 5.41) is 10.9.